The van der Waals surface area contributed by atoms with E-state index in [-0.39, 0.29) is 12.1 Å². The van der Waals surface area contributed by atoms with Gasteiger partial charge in [-0.25, -0.2) is 4.79 Å². The van der Waals surface area contributed by atoms with Gasteiger partial charge in [0, 0.05) is 11.9 Å². The minimum absolute atomic E-state index is 0.276. The smallest absolute Gasteiger partial charge is 0.340 e. The summed E-state index contributed by atoms with van der Waals surface area (Å²) in [4.78, 5) is 16.9. The molecule has 0 bridgehead atoms. The molecule has 4 heteroatoms. The molecule has 1 unspecified atom stereocenters. The Morgan fingerprint density at radius 2 is 1.71 bits per heavy atom. The molecule has 2 aromatic rings. The van der Waals surface area contributed by atoms with Crippen LogP contribution in [-0.4, -0.2) is 17.6 Å². The van der Waals surface area contributed by atoms with E-state index in [4.69, 9.17) is 9.47 Å². The molecule has 1 atom stereocenters. The minimum atomic E-state index is -0.332. The Labute approximate surface area is 169 Å². The van der Waals surface area contributed by atoms with Crippen molar-refractivity contribution in [1.29, 1.82) is 0 Å². The van der Waals surface area contributed by atoms with Crippen LogP contribution in [0.25, 0.3) is 0 Å². The number of benzene rings is 1. The van der Waals surface area contributed by atoms with Crippen molar-refractivity contribution < 1.29 is 14.3 Å². The van der Waals surface area contributed by atoms with Crippen molar-refractivity contribution in [2.45, 2.75) is 71.8 Å². The summed E-state index contributed by atoms with van der Waals surface area (Å²) in [6.07, 6.45) is 8.66. The number of unbranched alkanes of at least 4 members (excludes halogenated alkanes) is 3. The number of esters is 1. The molecule has 0 spiro atoms. The first-order valence-corrected chi connectivity index (χ1v) is 10.6. The van der Waals surface area contributed by atoms with Gasteiger partial charge in [0.25, 0.3) is 0 Å². The molecule has 4 nitrogen and oxygen atoms in total. The fourth-order valence-corrected chi connectivity index (χ4v) is 2.96. The fourth-order valence-electron chi connectivity index (χ4n) is 2.96. The second-order valence-electron chi connectivity index (χ2n) is 7.07. The van der Waals surface area contributed by atoms with Crippen molar-refractivity contribution >= 4 is 5.97 Å². The predicted molar refractivity (Wildman–Crippen MR) is 113 cm³/mol. The number of nitrogens with zero attached hydrogens (tertiary/aromatic N) is 1. The normalized spacial score (nSPS) is 11.8. The van der Waals surface area contributed by atoms with E-state index in [9.17, 15) is 4.79 Å². The molecule has 1 aromatic carbocycles. The van der Waals surface area contributed by atoms with Crippen molar-refractivity contribution in [3.05, 3.63) is 59.4 Å². The van der Waals surface area contributed by atoms with Crippen LogP contribution in [0.3, 0.4) is 0 Å². The molecule has 0 aliphatic heterocycles. The summed E-state index contributed by atoms with van der Waals surface area (Å²) in [5.41, 5.74) is 2.49. The summed E-state index contributed by atoms with van der Waals surface area (Å²) in [6.45, 7) is 7.08. The summed E-state index contributed by atoms with van der Waals surface area (Å²) in [6, 6.07) is 11.6. The Bertz CT molecular complexity index is 695. The van der Waals surface area contributed by atoms with E-state index in [0.717, 1.165) is 49.3 Å². The lowest BCUT2D eigenvalue weighted by atomic mass is 10.1. The van der Waals surface area contributed by atoms with Crippen molar-refractivity contribution in [2.24, 2.45) is 0 Å². The Balaban J connectivity index is 1.92. The van der Waals surface area contributed by atoms with Gasteiger partial charge in [-0.2, -0.15) is 0 Å². The lowest BCUT2D eigenvalue weighted by Gasteiger charge is -2.17. The number of pyridine rings is 1. The van der Waals surface area contributed by atoms with Gasteiger partial charge in [0.15, 0.2) is 0 Å². The van der Waals surface area contributed by atoms with Crippen LogP contribution >= 0.6 is 0 Å². The summed E-state index contributed by atoms with van der Waals surface area (Å²) < 4.78 is 11.5. The average Bonchev–Trinajstić information content (AvgIpc) is 2.74. The summed E-state index contributed by atoms with van der Waals surface area (Å²) in [5, 5.41) is 0. The molecular formula is C24H33NO3. The van der Waals surface area contributed by atoms with E-state index >= 15 is 0 Å². The van der Waals surface area contributed by atoms with Crippen molar-refractivity contribution in [2.75, 3.05) is 6.61 Å². The van der Waals surface area contributed by atoms with E-state index in [1.54, 1.807) is 12.3 Å². The molecule has 0 radical (unpaired) electrons. The van der Waals surface area contributed by atoms with Crippen LogP contribution in [0.4, 0.5) is 0 Å². The van der Waals surface area contributed by atoms with Gasteiger partial charge in [0.2, 0.25) is 0 Å². The molecule has 1 heterocycles. The van der Waals surface area contributed by atoms with Gasteiger partial charge in [-0.3, -0.25) is 4.98 Å². The molecule has 0 fully saturated rings. The SMILES string of the molecule is CCCCCOc1ccc(C(CC)OC(=O)c2ccc(CCCC)nc2)cc1. The van der Waals surface area contributed by atoms with E-state index in [1.165, 1.54) is 12.8 Å². The maximum atomic E-state index is 12.5. The van der Waals surface area contributed by atoms with Crippen molar-refractivity contribution in [3.8, 4) is 5.75 Å². The maximum absolute atomic E-state index is 12.5. The molecule has 1 aromatic heterocycles. The first-order valence-electron chi connectivity index (χ1n) is 10.6. The van der Waals surface area contributed by atoms with Crippen molar-refractivity contribution in [1.82, 2.24) is 4.98 Å². The molecule has 152 valence electrons. The molecule has 0 aliphatic rings. The predicted octanol–water partition coefficient (Wildman–Crippen LogP) is 6.30. The number of hydrogen-bond acceptors (Lipinski definition) is 4. The van der Waals surface area contributed by atoms with E-state index in [0.29, 0.717) is 12.0 Å². The van der Waals surface area contributed by atoms with Crippen LogP contribution < -0.4 is 4.74 Å². The lowest BCUT2D eigenvalue weighted by molar-refractivity contribution is 0.0287. The zero-order valence-corrected chi connectivity index (χ0v) is 17.4. The number of hydrogen-bond donors (Lipinski definition) is 0. The molecule has 0 N–H and O–H groups in total. The second-order valence-corrected chi connectivity index (χ2v) is 7.07. The first-order chi connectivity index (χ1) is 13.7. The minimum Gasteiger partial charge on any atom is -0.494 e. The molecule has 0 amide bonds. The maximum Gasteiger partial charge on any atom is 0.340 e. The van der Waals surface area contributed by atoms with Crippen LogP contribution in [0.5, 0.6) is 5.75 Å². The lowest BCUT2D eigenvalue weighted by Crippen LogP contribution is -2.12. The molecule has 2 rings (SSSR count). The van der Waals surface area contributed by atoms with Gasteiger partial charge in [0.05, 0.1) is 12.2 Å². The third-order valence-corrected chi connectivity index (χ3v) is 4.74. The highest BCUT2D eigenvalue weighted by molar-refractivity contribution is 5.89. The number of carbonyl (C=O) groups is 1. The molecular weight excluding hydrogens is 350 g/mol. The Morgan fingerprint density at radius 1 is 0.964 bits per heavy atom. The topological polar surface area (TPSA) is 48.4 Å². The zero-order valence-electron chi connectivity index (χ0n) is 17.4. The van der Waals surface area contributed by atoms with Crippen molar-refractivity contribution in [3.63, 3.8) is 0 Å². The Kier molecular flexibility index (Phi) is 9.53. The highest BCUT2D eigenvalue weighted by atomic mass is 16.5. The molecule has 0 saturated carbocycles. The quantitative estimate of drug-likeness (QED) is 0.319. The number of aryl methyl sites for hydroxylation is 1. The largest absolute Gasteiger partial charge is 0.494 e. The number of aromatic nitrogens is 1. The second kappa shape index (κ2) is 12.2. The summed E-state index contributed by atoms with van der Waals surface area (Å²) in [7, 11) is 0. The van der Waals surface area contributed by atoms with Crippen LogP contribution in [0.2, 0.25) is 0 Å². The molecule has 28 heavy (non-hydrogen) atoms. The number of carbonyl (C=O) groups excluding carboxylic acids is 1. The zero-order chi connectivity index (χ0) is 20.2. The molecule has 0 saturated heterocycles. The van der Waals surface area contributed by atoms with Crippen LogP contribution in [0.15, 0.2) is 42.6 Å². The van der Waals surface area contributed by atoms with Gasteiger partial charge < -0.3 is 9.47 Å². The number of rotatable bonds is 12. The van der Waals surface area contributed by atoms with E-state index in [2.05, 4.69) is 18.8 Å². The summed E-state index contributed by atoms with van der Waals surface area (Å²) in [5.74, 6) is 0.522. The van der Waals surface area contributed by atoms with Gasteiger partial charge in [0.1, 0.15) is 11.9 Å². The van der Waals surface area contributed by atoms with Gasteiger partial charge in [-0.1, -0.05) is 52.2 Å². The third-order valence-electron chi connectivity index (χ3n) is 4.74. The van der Waals surface area contributed by atoms with Gasteiger partial charge >= 0.3 is 5.97 Å². The van der Waals surface area contributed by atoms with Crippen LogP contribution in [-0.2, 0) is 11.2 Å². The first kappa shape index (κ1) is 21.9. The van der Waals surface area contributed by atoms with Gasteiger partial charge in [-0.15, -0.1) is 0 Å². The monoisotopic (exact) mass is 383 g/mol. The fraction of sp³-hybridized carbons (Fsp3) is 0.500. The molecule has 0 aliphatic carbocycles. The van der Waals surface area contributed by atoms with Crippen LogP contribution in [0, 0.1) is 0 Å². The van der Waals surface area contributed by atoms with Gasteiger partial charge in [-0.05, 0) is 55.5 Å². The Hall–Kier alpha value is -2.36. The van der Waals surface area contributed by atoms with Crippen LogP contribution in [0.1, 0.15) is 87.0 Å². The highest BCUT2D eigenvalue weighted by Crippen LogP contribution is 2.25. The third kappa shape index (κ3) is 6.99. The highest BCUT2D eigenvalue weighted by Gasteiger charge is 2.17. The average molecular weight is 384 g/mol. The Morgan fingerprint density at radius 3 is 2.32 bits per heavy atom. The summed E-state index contributed by atoms with van der Waals surface area (Å²) >= 11 is 0. The van der Waals surface area contributed by atoms with E-state index in [1.807, 2.05) is 37.3 Å². The van der Waals surface area contributed by atoms with E-state index < -0.39 is 0 Å². The number of ether oxygens (including phenoxy) is 2. The standard InChI is InChI=1S/C24H33NO3/c1-4-7-9-17-27-22-15-12-19(13-16-22)23(6-3)28-24(26)20-11-14-21(25-18-20)10-8-5-2/h11-16,18,23H,4-10,17H2,1-3H3.